The smallest absolute Gasteiger partial charge is 0.231 e. The van der Waals surface area contributed by atoms with Gasteiger partial charge in [-0.05, 0) is 25.2 Å². The molecule has 0 amide bonds. The van der Waals surface area contributed by atoms with E-state index in [1.165, 1.54) is 19.3 Å². The van der Waals surface area contributed by atoms with E-state index in [0.717, 1.165) is 12.5 Å². The molecule has 118 valence electrons. The minimum Gasteiger partial charge on any atom is -0.354 e. The maximum absolute atomic E-state index is 4.52. The first-order valence-corrected chi connectivity index (χ1v) is 7.95. The molecule has 1 saturated carbocycles. The summed E-state index contributed by atoms with van der Waals surface area (Å²) in [5, 5.41) is 6.70. The van der Waals surface area contributed by atoms with Crippen molar-refractivity contribution in [1.82, 2.24) is 15.0 Å². The van der Waals surface area contributed by atoms with Gasteiger partial charge in [0.2, 0.25) is 17.8 Å². The second-order valence-corrected chi connectivity index (χ2v) is 6.23. The van der Waals surface area contributed by atoms with Gasteiger partial charge in [-0.2, -0.15) is 15.0 Å². The van der Waals surface area contributed by atoms with Crippen LogP contribution < -0.4 is 15.5 Å². The minimum absolute atomic E-state index is 0.445. The maximum Gasteiger partial charge on any atom is 0.231 e. The normalized spacial score (nSPS) is 25.5. The molecule has 1 heterocycles. The van der Waals surface area contributed by atoms with Crippen LogP contribution in [-0.4, -0.2) is 41.6 Å². The standard InChI is InChI=1S/C15H28N6/c1-6-16-13-18-14(20-15(19-13)21(4)5)17-12-9-7-8-10(2)11(12)3/h10-12H,6-9H2,1-5H3,(H2,16,17,18,19,20). The summed E-state index contributed by atoms with van der Waals surface area (Å²) in [4.78, 5) is 15.3. The Hall–Kier alpha value is -1.59. The Morgan fingerprint density at radius 2 is 1.81 bits per heavy atom. The van der Waals surface area contributed by atoms with Gasteiger partial charge in [-0.1, -0.05) is 26.7 Å². The Kier molecular flexibility index (Phi) is 5.20. The summed E-state index contributed by atoms with van der Waals surface area (Å²) >= 11 is 0. The Balaban J connectivity index is 2.18. The molecule has 6 heteroatoms. The molecule has 0 aliphatic heterocycles. The molecule has 1 aromatic heterocycles. The molecule has 3 unspecified atom stereocenters. The number of hydrogen-bond donors (Lipinski definition) is 2. The molecule has 2 N–H and O–H groups in total. The Bertz CT molecular complexity index is 461. The first kappa shape index (κ1) is 15.8. The molecule has 0 bridgehead atoms. The summed E-state index contributed by atoms with van der Waals surface area (Å²) in [6, 6.07) is 0.445. The average Bonchev–Trinajstić information content (AvgIpc) is 2.44. The van der Waals surface area contributed by atoms with Crippen molar-refractivity contribution in [2.45, 2.75) is 46.1 Å². The maximum atomic E-state index is 4.52. The van der Waals surface area contributed by atoms with Crippen LogP contribution in [0, 0.1) is 11.8 Å². The van der Waals surface area contributed by atoms with Crippen LogP contribution in [0.1, 0.15) is 40.0 Å². The van der Waals surface area contributed by atoms with Crippen molar-refractivity contribution in [3.63, 3.8) is 0 Å². The van der Waals surface area contributed by atoms with Gasteiger partial charge >= 0.3 is 0 Å². The van der Waals surface area contributed by atoms with Crippen molar-refractivity contribution >= 4 is 17.8 Å². The highest BCUT2D eigenvalue weighted by Crippen LogP contribution is 2.31. The SMILES string of the molecule is CCNc1nc(NC2CCCC(C)C2C)nc(N(C)C)n1. The molecule has 1 aliphatic carbocycles. The number of rotatable bonds is 5. The van der Waals surface area contributed by atoms with Crippen molar-refractivity contribution in [2.24, 2.45) is 11.8 Å². The topological polar surface area (TPSA) is 66.0 Å². The molecule has 0 radical (unpaired) electrons. The molecule has 0 saturated heterocycles. The summed E-state index contributed by atoms with van der Waals surface area (Å²) in [5.41, 5.74) is 0. The highest BCUT2D eigenvalue weighted by atomic mass is 15.3. The third kappa shape index (κ3) is 3.95. The first-order chi connectivity index (χ1) is 10.0. The zero-order valence-electron chi connectivity index (χ0n) is 13.8. The highest BCUT2D eigenvalue weighted by Gasteiger charge is 2.27. The lowest BCUT2D eigenvalue weighted by Crippen LogP contribution is -2.35. The van der Waals surface area contributed by atoms with Gasteiger partial charge in [0.25, 0.3) is 0 Å². The van der Waals surface area contributed by atoms with Crippen molar-refractivity contribution in [1.29, 1.82) is 0 Å². The Morgan fingerprint density at radius 1 is 1.10 bits per heavy atom. The van der Waals surface area contributed by atoms with E-state index in [1.807, 2.05) is 25.9 Å². The molecule has 1 fully saturated rings. The number of nitrogens with one attached hydrogen (secondary N) is 2. The molecular weight excluding hydrogens is 264 g/mol. The second kappa shape index (κ2) is 6.91. The van der Waals surface area contributed by atoms with Gasteiger partial charge in [0.05, 0.1) is 0 Å². The van der Waals surface area contributed by atoms with E-state index in [0.29, 0.717) is 29.8 Å². The molecule has 1 aromatic rings. The summed E-state index contributed by atoms with van der Waals surface area (Å²) < 4.78 is 0. The molecule has 6 nitrogen and oxygen atoms in total. The zero-order chi connectivity index (χ0) is 15.4. The molecule has 3 atom stereocenters. The fourth-order valence-electron chi connectivity index (χ4n) is 2.82. The average molecular weight is 292 g/mol. The quantitative estimate of drug-likeness (QED) is 0.869. The van der Waals surface area contributed by atoms with E-state index in [-0.39, 0.29) is 0 Å². The van der Waals surface area contributed by atoms with E-state index in [9.17, 15) is 0 Å². The lowest BCUT2D eigenvalue weighted by Gasteiger charge is -2.34. The fourth-order valence-corrected chi connectivity index (χ4v) is 2.82. The summed E-state index contributed by atoms with van der Waals surface area (Å²) in [6.07, 6.45) is 3.78. The predicted octanol–water partition coefficient (Wildman–Crippen LogP) is 2.61. The van der Waals surface area contributed by atoms with Crippen LogP contribution in [-0.2, 0) is 0 Å². The van der Waals surface area contributed by atoms with Gasteiger partial charge in [-0.25, -0.2) is 0 Å². The molecule has 0 spiro atoms. The lowest BCUT2D eigenvalue weighted by molar-refractivity contribution is 0.252. The van der Waals surface area contributed by atoms with Gasteiger partial charge < -0.3 is 15.5 Å². The summed E-state index contributed by atoms with van der Waals surface area (Å²) in [7, 11) is 3.89. The van der Waals surface area contributed by atoms with E-state index in [4.69, 9.17) is 0 Å². The van der Waals surface area contributed by atoms with Crippen molar-refractivity contribution in [3.8, 4) is 0 Å². The van der Waals surface area contributed by atoms with Crippen LogP contribution in [0.15, 0.2) is 0 Å². The number of aromatic nitrogens is 3. The number of hydrogen-bond acceptors (Lipinski definition) is 6. The minimum atomic E-state index is 0.445. The van der Waals surface area contributed by atoms with E-state index in [1.54, 1.807) is 0 Å². The van der Waals surface area contributed by atoms with Crippen LogP contribution in [0.25, 0.3) is 0 Å². The van der Waals surface area contributed by atoms with Crippen LogP contribution in [0.4, 0.5) is 17.8 Å². The molecule has 0 aromatic carbocycles. The van der Waals surface area contributed by atoms with Crippen molar-refractivity contribution < 1.29 is 0 Å². The number of nitrogens with zero attached hydrogens (tertiary/aromatic N) is 4. The molecular formula is C15H28N6. The predicted molar refractivity (Wildman–Crippen MR) is 87.9 cm³/mol. The van der Waals surface area contributed by atoms with Crippen LogP contribution in [0.5, 0.6) is 0 Å². The van der Waals surface area contributed by atoms with E-state index in [2.05, 4.69) is 39.4 Å². The lowest BCUT2D eigenvalue weighted by atomic mass is 9.78. The highest BCUT2D eigenvalue weighted by molar-refractivity contribution is 5.43. The second-order valence-electron chi connectivity index (χ2n) is 6.23. The largest absolute Gasteiger partial charge is 0.354 e. The van der Waals surface area contributed by atoms with Crippen molar-refractivity contribution in [2.75, 3.05) is 36.2 Å². The molecule has 21 heavy (non-hydrogen) atoms. The summed E-state index contributed by atoms with van der Waals surface area (Å²) in [6.45, 7) is 7.49. The molecule has 2 rings (SSSR count). The first-order valence-electron chi connectivity index (χ1n) is 7.95. The Morgan fingerprint density at radius 3 is 2.48 bits per heavy atom. The third-order valence-electron chi connectivity index (χ3n) is 4.38. The van der Waals surface area contributed by atoms with Gasteiger partial charge in [-0.15, -0.1) is 0 Å². The van der Waals surface area contributed by atoms with E-state index < -0.39 is 0 Å². The Labute approximate surface area is 127 Å². The third-order valence-corrected chi connectivity index (χ3v) is 4.38. The number of anilines is 3. The van der Waals surface area contributed by atoms with Gasteiger partial charge in [0, 0.05) is 26.7 Å². The van der Waals surface area contributed by atoms with Crippen LogP contribution in [0.2, 0.25) is 0 Å². The zero-order valence-corrected chi connectivity index (χ0v) is 13.8. The fraction of sp³-hybridized carbons (Fsp3) is 0.800. The van der Waals surface area contributed by atoms with Crippen LogP contribution in [0.3, 0.4) is 0 Å². The summed E-state index contributed by atoms with van der Waals surface area (Å²) in [5.74, 6) is 3.38. The monoisotopic (exact) mass is 292 g/mol. The van der Waals surface area contributed by atoms with Crippen LogP contribution >= 0.6 is 0 Å². The van der Waals surface area contributed by atoms with Crippen molar-refractivity contribution in [3.05, 3.63) is 0 Å². The van der Waals surface area contributed by atoms with E-state index >= 15 is 0 Å². The van der Waals surface area contributed by atoms with Gasteiger partial charge in [0.15, 0.2) is 0 Å². The van der Waals surface area contributed by atoms with Gasteiger partial charge in [0.1, 0.15) is 0 Å². The molecule has 1 aliphatic rings. The van der Waals surface area contributed by atoms with Gasteiger partial charge in [-0.3, -0.25) is 0 Å².